The van der Waals surface area contributed by atoms with E-state index in [4.69, 9.17) is 5.11 Å². The van der Waals surface area contributed by atoms with Crippen molar-refractivity contribution >= 4 is 5.97 Å². The van der Waals surface area contributed by atoms with Crippen LogP contribution in [-0.2, 0) is 4.79 Å². The van der Waals surface area contributed by atoms with Gasteiger partial charge in [-0.15, -0.1) is 0 Å². The molecule has 0 saturated heterocycles. The third kappa shape index (κ3) is 3.11. The van der Waals surface area contributed by atoms with Crippen LogP contribution in [0, 0.1) is 17.8 Å². The van der Waals surface area contributed by atoms with Gasteiger partial charge in [-0.1, -0.05) is 6.42 Å². The molecule has 0 heterocycles. The summed E-state index contributed by atoms with van der Waals surface area (Å²) in [6.45, 7) is 1.25. The van der Waals surface area contributed by atoms with Gasteiger partial charge in [-0.25, -0.2) is 0 Å². The van der Waals surface area contributed by atoms with Crippen LogP contribution in [0.4, 0.5) is 0 Å². The molecule has 4 aliphatic carbocycles. The van der Waals surface area contributed by atoms with E-state index in [-0.39, 0.29) is 6.54 Å². The van der Waals surface area contributed by atoms with Crippen molar-refractivity contribution in [3.63, 3.8) is 0 Å². The third-order valence-corrected chi connectivity index (χ3v) is 6.35. The minimum Gasteiger partial charge on any atom is -0.480 e. The van der Waals surface area contributed by atoms with Gasteiger partial charge < -0.3 is 10.4 Å². The van der Waals surface area contributed by atoms with Crippen LogP contribution in [-0.4, -0.2) is 47.2 Å². The highest BCUT2D eigenvalue weighted by atomic mass is 16.4. The summed E-state index contributed by atoms with van der Waals surface area (Å²) in [5, 5.41) is 13.0. The zero-order chi connectivity index (χ0) is 14.4. The zero-order valence-corrected chi connectivity index (χ0v) is 12.8. The average Bonchev–Trinajstić information content (AvgIpc) is 2.96. The number of carboxylic acid groups (broad SMARTS) is 1. The fourth-order valence-electron chi connectivity index (χ4n) is 4.92. The van der Waals surface area contributed by atoms with Gasteiger partial charge >= 0.3 is 5.97 Å². The molecular formula is C17H28N2O2. The number of nitrogens with one attached hydrogen (secondary N) is 1. The van der Waals surface area contributed by atoms with E-state index in [0.717, 1.165) is 43.2 Å². The summed E-state index contributed by atoms with van der Waals surface area (Å²) in [5.74, 6) is 2.06. The molecule has 0 aromatic heterocycles. The Balaban J connectivity index is 1.24. The van der Waals surface area contributed by atoms with Gasteiger partial charge in [0.2, 0.25) is 0 Å². The first kappa shape index (κ1) is 14.0. The van der Waals surface area contributed by atoms with Crippen LogP contribution >= 0.6 is 0 Å². The smallest absolute Gasteiger partial charge is 0.317 e. The number of fused-ring (bicyclic) bond motifs is 2. The van der Waals surface area contributed by atoms with Gasteiger partial charge in [0, 0.05) is 24.7 Å². The Morgan fingerprint density at radius 1 is 1.10 bits per heavy atom. The molecule has 0 amide bonds. The minimum absolute atomic E-state index is 0.238. The quantitative estimate of drug-likeness (QED) is 0.754. The standard InChI is InChI=1S/C17H28N2O2/c20-17(21)10-19(9-11-1-2-11)15-7-14(8-15)18-16-6-12-3-4-13(16)5-12/h11-16,18H,1-10H2,(H,20,21). The summed E-state index contributed by atoms with van der Waals surface area (Å²) in [5.41, 5.74) is 0. The van der Waals surface area contributed by atoms with E-state index in [1.54, 1.807) is 0 Å². The molecule has 4 saturated carbocycles. The Morgan fingerprint density at radius 3 is 2.48 bits per heavy atom. The maximum atomic E-state index is 11.0. The summed E-state index contributed by atoms with van der Waals surface area (Å²) < 4.78 is 0. The molecule has 4 aliphatic rings. The van der Waals surface area contributed by atoms with Crippen LogP contribution in [0.5, 0.6) is 0 Å². The summed E-state index contributed by atoms with van der Waals surface area (Å²) in [4.78, 5) is 13.3. The topological polar surface area (TPSA) is 52.6 Å². The normalized spacial score (nSPS) is 41.5. The minimum atomic E-state index is -0.667. The van der Waals surface area contributed by atoms with Gasteiger partial charge in [-0.05, 0) is 62.7 Å². The lowest BCUT2D eigenvalue weighted by Crippen LogP contribution is -2.56. The van der Waals surface area contributed by atoms with Gasteiger partial charge in [-0.2, -0.15) is 0 Å². The summed E-state index contributed by atoms with van der Waals surface area (Å²) in [7, 11) is 0. The Hall–Kier alpha value is -0.610. The molecule has 4 heteroatoms. The predicted octanol–water partition coefficient (Wildman–Crippen LogP) is 2.09. The number of carbonyl (C=O) groups is 1. The molecule has 118 valence electrons. The number of hydrogen-bond donors (Lipinski definition) is 2. The van der Waals surface area contributed by atoms with E-state index in [9.17, 15) is 4.79 Å². The van der Waals surface area contributed by atoms with Crippen molar-refractivity contribution in [1.82, 2.24) is 10.2 Å². The van der Waals surface area contributed by atoms with Crippen molar-refractivity contribution in [3.8, 4) is 0 Å². The van der Waals surface area contributed by atoms with Gasteiger partial charge in [0.25, 0.3) is 0 Å². The monoisotopic (exact) mass is 292 g/mol. The molecule has 0 radical (unpaired) electrons. The van der Waals surface area contributed by atoms with Crippen molar-refractivity contribution in [2.24, 2.45) is 17.8 Å². The highest BCUT2D eigenvalue weighted by Crippen LogP contribution is 2.45. The Bertz CT molecular complexity index is 404. The first-order valence-electron chi connectivity index (χ1n) is 8.89. The van der Waals surface area contributed by atoms with E-state index in [2.05, 4.69) is 10.2 Å². The van der Waals surface area contributed by atoms with Gasteiger partial charge in [0.15, 0.2) is 0 Å². The molecule has 2 N–H and O–H groups in total. The molecule has 4 rings (SSSR count). The van der Waals surface area contributed by atoms with E-state index < -0.39 is 5.97 Å². The molecule has 0 aromatic rings. The molecular weight excluding hydrogens is 264 g/mol. The second-order valence-corrected chi connectivity index (χ2v) is 8.04. The Labute approximate surface area is 127 Å². The molecule has 21 heavy (non-hydrogen) atoms. The Morgan fingerprint density at radius 2 is 1.90 bits per heavy atom. The number of hydrogen-bond acceptors (Lipinski definition) is 3. The van der Waals surface area contributed by atoms with Crippen LogP contribution in [0.1, 0.15) is 51.4 Å². The van der Waals surface area contributed by atoms with Crippen LogP contribution < -0.4 is 5.32 Å². The van der Waals surface area contributed by atoms with Gasteiger partial charge in [0.05, 0.1) is 6.54 Å². The largest absolute Gasteiger partial charge is 0.480 e. The highest BCUT2D eigenvalue weighted by molar-refractivity contribution is 5.69. The maximum absolute atomic E-state index is 11.0. The van der Waals surface area contributed by atoms with E-state index in [1.807, 2.05) is 0 Å². The lowest BCUT2D eigenvalue weighted by Gasteiger charge is -2.44. The maximum Gasteiger partial charge on any atom is 0.317 e. The number of nitrogens with zero attached hydrogens (tertiary/aromatic N) is 1. The second-order valence-electron chi connectivity index (χ2n) is 8.04. The first-order valence-corrected chi connectivity index (χ1v) is 8.89. The fourth-order valence-corrected chi connectivity index (χ4v) is 4.92. The fraction of sp³-hybridized carbons (Fsp3) is 0.941. The van der Waals surface area contributed by atoms with Crippen molar-refractivity contribution in [2.75, 3.05) is 13.1 Å². The molecule has 0 spiro atoms. The predicted molar refractivity (Wildman–Crippen MR) is 81.1 cm³/mol. The van der Waals surface area contributed by atoms with Crippen molar-refractivity contribution in [3.05, 3.63) is 0 Å². The lowest BCUT2D eigenvalue weighted by molar-refractivity contribution is -0.139. The second kappa shape index (κ2) is 5.54. The van der Waals surface area contributed by atoms with E-state index in [1.165, 1.54) is 38.5 Å². The summed E-state index contributed by atoms with van der Waals surface area (Å²) in [6.07, 6.45) is 10.7. The van der Waals surface area contributed by atoms with Crippen LogP contribution in [0.15, 0.2) is 0 Å². The van der Waals surface area contributed by atoms with Crippen LogP contribution in [0.3, 0.4) is 0 Å². The molecule has 4 nitrogen and oxygen atoms in total. The third-order valence-electron chi connectivity index (χ3n) is 6.35. The number of aliphatic carboxylic acids is 1. The molecule has 4 fully saturated rings. The van der Waals surface area contributed by atoms with Crippen molar-refractivity contribution < 1.29 is 9.90 Å². The molecule has 2 bridgehead atoms. The molecule has 3 atom stereocenters. The zero-order valence-electron chi connectivity index (χ0n) is 12.8. The van der Waals surface area contributed by atoms with Crippen LogP contribution in [0.2, 0.25) is 0 Å². The Kier molecular flexibility index (Phi) is 3.70. The highest BCUT2D eigenvalue weighted by Gasteiger charge is 2.43. The molecule has 0 aromatic carbocycles. The van der Waals surface area contributed by atoms with E-state index >= 15 is 0 Å². The van der Waals surface area contributed by atoms with Crippen LogP contribution in [0.25, 0.3) is 0 Å². The van der Waals surface area contributed by atoms with Gasteiger partial charge in [-0.3, -0.25) is 9.69 Å². The number of rotatable bonds is 7. The molecule has 3 unspecified atom stereocenters. The molecule has 0 aliphatic heterocycles. The van der Waals surface area contributed by atoms with E-state index in [0.29, 0.717) is 12.1 Å². The summed E-state index contributed by atoms with van der Waals surface area (Å²) >= 11 is 0. The lowest BCUT2D eigenvalue weighted by atomic mass is 9.83. The van der Waals surface area contributed by atoms with Crippen molar-refractivity contribution in [2.45, 2.75) is 69.5 Å². The van der Waals surface area contributed by atoms with Crippen molar-refractivity contribution in [1.29, 1.82) is 0 Å². The number of carboxylic acids is 1. The summed E-state index contributed by atoms with van der Waals surface area (Å²) in [6, 6.07) is 1.93. The van der Waals surface area contributed by atoms with Gasteiger partial charge in [0.1, 0.15) is 0 Å². The first-order chi connectivity index (χ1) is 10.2. The SMILES string of the molecule is O=C(O)CN(CC1CC1)C1CC(NC2CC3CCC2C3)C1. The average molecular weight is 292 g/mol.